The lowest BCUT2D eigenvalue weighted by atomic mass is 10.1. The van der Waals surface area contributed by atoms with Crippen molar-refractivity contribution in [1.82, 2.24) is 9.88 Å². The lowest BCUT2D eigenvalue weighted by Gasteiger charge is -2.17. The second-order valence-electron chi connectivity index (χ2n) is 5.67. The van der Waals surface area contributed by atoms with Crippen LogP contribution in [0.3, 0.4) is 0 Å². The van der Waals surface area contributed by atoms with Crippen LogP contribution in [0.4, 0.5) is 5.82 Å². The topological polar surface area (TPSA) is 54.5 Å². The summed E-state index contributed by atoms with van der Waals surface area (Å²) in [5.41, 5.74) is 1.59. The van der Waals surface area contributed by atoms with Crippen LogP contribution in [0.25, 0.3) is 0 Å². The molecule has 1 aromatic heterocycles. The zero-order valence-electron chi connectivity index (χ0n) is 13.2. The Kier molecular flexibility index (Phi) is 5.56. The molecule has 1 N–H and O–H groups in total. The number of likely N-dealkylation sites (tertiary alicyclic amines) is 1. The average molecular weight is 291 g/mol. The summed E-state index contributed by atoms with van der Waals surface area (Å²) in [6.45, 7) is 7.21. The lowest BCUT2D eigenvalue weighted by Crippen LogP contribution is -2.29. The van der Waals surface area contributed by atoms with Crippen LogP contribution in [0, 0.1) is 12.8 Å². The molecule has 5 heteroatoms. The Balaban J connectivity index is 2.06. The van der Waals surface area contributed by atoms with E-state index in [-0.39, 0.29) is 5.91 Å². The first kappa shape index (κ1) is 15.8. The van der Waals surface area contributed by atoms with Crippen molar-refractivity contribution in [2.75, 3.05) is 38.7 Å². The van der Waals surface area contributed by atoms with E-state index in [1.54, 1.807) is 7.11 Å². The van der Waals surface area contributed by atoms with E-state index in [0.717, 1.165) is 56.2 Å². The molecule has 1 unspecified atom stereocenters. The molecule has 1 saturated heterocycles. The van der Waals surface area contributed by atoms with Gasteiger partial charge in [0.25, 0.3) is 5.91 Å². The third-order valence-electron chi connectivity index (χ3n) is 3.73. The quantitative estimate of drug-likeness (QED) is 0.874. The molecule has 116 valence electrons. The van der Waals surface area contributed by atoms with Crippen LogP contribution >= 0.6 is 0 Å². The Hall–Kier alpha value is -1.62. The van der Waals surface area contributed by atoms with Crippen LogP contribution in [0.1, 0.15) is 35.8 Å². The third kappa shape index (κ3) is 4.17. The molecule has 1 aliphatic heterocycles. The highest BCUT2D eigenvalue weighted by molar-refractivity contribution is 5.95. The molecule has 2 rings (SSSR count). The minimum Gasteiger partial charge on any atom is -0.384 e. The van der Waals surface area contributed by atoms with Crippen molar-refractivity contribution in [3.05, 3.63) is 23.4 Å². The number of carbonyl (C=O) groups excluding carboxylic acids is 1. The third-order valence-corrected chi connectivity index (χ3v) is 3.73. The van der Waals surface area contributed by atoms with Crippen LogP contribution in [0.2, 0.25) is 0 Å². The van der Waals surface area contributed by atoms with Crippen LogP contribution < -0.4 is 5.32 Å². The first-order chi connectivity index (χ1) is 10.1. The number of hydrogen-bond donors (Lipinski definition) is 1. The van der Waals surface area contributed by atoms with Gasteiger partial charge in [0, 0.05) is 43.9 Å². The van der Waals surface area contributed by atoms with Gasteiger partial charge in [-0.15, -0.1) is 0 Å². The molecule has 0 bridgehead atoms. The number of methoxy groups -OCH3 is 1. The molecule has 0 aromatic carbocycles. The zero-order chi connectivity index (χ0) is 15.2. The number of nitrogens with one attached hydrogen (secondary N) is 1. The molecule has 1 fully saturated rings. The summed E-state index contributed by atoms with van der Waals surface area (Å²) in [4.78, 5) is 18.9. The summed E-state index contributed by atoms with van der Waals surface area (Å²) in [5.74, 6) is 1.34. The number of hydrogen-bond acceptors (Lipinski definition) is 4. The molecule has 2 heterocycles. The number of aryl methyl sites for hydroxylation is 1. The molecule has 1 atom stereocenters. The van der Waals surface area contributed by atoms with Crippen LogP contribution in [-0.4, -0.2) is 49.1 Å². The Bertz CT molecular complexity index is 490. The fraction of sp³-hybridized carbons (Fsp3) is 0.625. The highest BCUT2D eigenvalue weighted by Crippen LogP contribution is 2.20. The van der Waals surface area contributed by atoms with E-state index in [1.165, 1.54) is 0 Å². The van der Waals surface area contributed by atoms with Gasteiger partial charge in [-0.25, -0.2) is 4.98 Å². The Morgan fingerprint density at radius 3 is 3.05 bits per heavy atom. The fourth-order valence-electron chi connectivity index (χ4n) is 2.71. The van der Waals surface area contributed by atoms with Crippen molar-refractivity contribution in [1.29, 1.82) is 0 Å². The largest absolute Gasteiger partial charge is 0.384 e. The maximum atomic E-state index is 12.6. The first-order valence-electron chi connectivity index (χ1n) is 7.64. The lowest BCUT2D eigenvalue weighted by molar-refractivity contribution is 0.0775. The second-order valence-corrected chi connectivity index (χ2v) is 5.67. The van der Waals surface area contributed by atoms with E-state index in [2.05, 4.69) is 17.2 Å². The molecule has 1 amide bonds. The van der Waals surface area contributed by atoms with Crippen LogP contribution in [0.15, 0.2) is 12.1 Å². The number of amides is 1. The first-order valence-corrected chi connectivity index (χ1v) is 7.64. The highest BCUT2D eigenvalue weighted by atomic mass is 16.5. The van der Waals surface area contributed by atoms with Crippen molar-refractivity contribution in [3.8, 4) is 0 Å². The minimum absolute atomic E-state index is 0.0960. The smallest absolute Gasteiger partial charge is 0.254 e. The molecule has 0 aliphatic carbocycles. The van der Waals surface area contributed by atoms with Crippen molar-refractivity contribution < 1.29 is 9.53 Å². The van der Waals surface area contributed by atoms with Crippen LogP contribution in [-0.2, 0) is 4.74 Å². The van der Waals surface area contributed by atoms with Crippen molar-refractivity contribution in [3.63, 3.8) is 0 Å². The summed E-state index contributed by atoms with van der Waals surface area (Å²) >= 11 is 0. The Morgan fingerprint density at radius 2 is 2.33 bits per heavy atom. The van der Waals surface area contributed by atoms with Gasteiger partial charge in [-0.2, -0.15) is 0 Å². The van der Waals surface area contributed by atoms with Crippen molar-refractivity contribution >= 4 is 11.7 Å². The van der Waals surface area contributed by atoms with Gasteiger partial charge in [0.1, 0.15) is 5.82 Å². The average Bonchev–Trinajstić information content (AvgIpc) is 2.93. The van der Waals surface area contributed by atoms with Gasteiger partial charge >= 0.3 is 0 Å². The monoisotopic (exact) mass is 291 g/mol. The predicted molar refractivity (Wildman–Crippen MR) is 83.6 cm³/mol. The number of aromatic nitrogens is 1. The summed E-state index contributed by atoms with van der Waals surface area (Å²) in [6.07, 6.45) is 2.05. The van der Waals surface area contributed by atoms with Gasteiger partial charge in [0.15, 0.2) is 0 Å². The van der Waals surface area contributed by atoms with Gasteiger partial charge < -0.3 is 15.0 Å². The molecule has 0 spiro atoms. The standard InChI is InChI=1S/C16H25N3O2/c1-4-6-17-15-9-14(8-12(2)18-15)16(20)19-7-5-13(10-19)11-21-3/h8-9,13H,4-7,10-11H2,1-3H3,(H,17,18). The summed E-state index contributed by atoms with van der Waals surface area (Å²) in [7, 11) is 1.71. The summed E-state index contributed by atoms with van der Waals surface area (Å²) in [6, 6.07) is 3.72. The zero-order valence-corrected chi connectivity index (χ0v) is 13.2. The van der Waals surface area contributed by atoms with E-state index in [9.17, 15) is 4.79 Å². The van der Waals surface area contributed by atoms with Crippen molar-refractivity contribution in [2.24, 2.45) is 5.92 Å². The molecule has 0 saturated carbocycles. The molecule has 5 nitrogen and oxygen atoms in total. The van der Waals surface area contributed by atoms with Crippen LogP contribution in [0.5, 0.6) is 0 Å². The summed E-state index contributed by atoms with van der Waals surface area (Å²) < 4.78 is 5.18. The SMILES string of the molecule is CCCNc1cc(C(=O)N2CCC(COC)C2)cc(C)n1. The van der Waals surface area contributed by atoms with E-state index in [1.807, 2.05) is 24.0 Å². The Morgan fingerprint density at radius 1 is 1.52 bits per heavy atom. The van der Waals surface area contributed by atoms with Gasteiger partial charge in [-0.05, 0) is 31.9 Å². The second kappa shape index (κ2) is 7.41. The molecular weight excluding hydrogens is 266 g/mol. The molecule has 21 heavy (non-hydrogen) atoms. The highest BCUT2D eigenvalue weighted by Gasteiger charge is 2.27. The minimum atomic E-state index is 0.0960. The number of carbonyl (C=O) groups is 1. The maximum Gasteiger partial charge on any atom is 0.254 e. The number of rotatable bonds is 6. The maximum absolute atomic E-state index is 12.6. The van der Waals surface area contributed by atoms with Crippen molar-refractivity contribution in [2.45, 2.75) is 26.7 Å². The number of nitrogens with zero attached hydrogens (tertiary/aromatic N) is 2. The number of pyridine rings is 1. The molecular formula is C16H25N3O2. The van der Waals surface area contributed by atoms with Gasteiger partial charge in [0.05, 0.1) is 6.61 Å². The molecule has 1 aromatic rings. The number of ether oxygens (including phenoxy) is 1. The molecule has 0 radical (unpaired) electrons. The normalized spacial score (nSPS) is 18.0. The van der Waals surface area contributed by atoms with E-state index in [0.29, 0.717) is 5.92 Å². The van der Waals surface area contributed by atoms with E-state index < -0.39 is 0 Å². The Labute approximate surface area is 126 Å². The number of anilines is 1. The van der Waals surface area contributed by atoms with E-state index in [4.69, 9.17) is 4.74 Å². The van der Waals surface area contributed by atoms with E-state index >= 15 is 0 Å². The van der Waals surface area contributed by atoms with Gasteiger partial charge in [-0.1, -0.05) is 6.92 Å². The van der Waals surface area contributed by atoms with Gasteiger partial charge in [-0.3, -0.25) is 4.79 Å². The molecule has 1 aliphatic rings. The predicted octanol–water partition coefficient (Wildman–Crippen LogP) is 2.32. The van der Waals surface area contributed by atoms with Gasteiger partial charge in [0.2, 0.25) is 0 Å². The fourth-order valence-corrected chi connectivity index (χ4v) is 2.71. The summed E-state index contributed by atoms with van der Waals surface area (Å²) in [5, 5.41) is 3.25.